The highest BCUT2D eigenvalue weighted by Crippen LogP contribution is 2.05. The third kappa shape index (κ3) is 7.08. The van der Waals surface area contributed by atoms with Crippen LogP contribution in [0.25, 0.3) is 0 Å². The third-order valence-corrected chi connectivity index (χ3v) is 2.83. The molecule has 0 atom stereocenters. The van der Waals surface area contributed by atoms with Crippen LogP contribution in [0.2, 0.25) is 0 Å². The summed E-state index contributed by atoms with van der Waals surface area (Å²) in [6.07, 6.45) is 1.91. The molecule has 0 N–H and O–H groups in total. The van der Waals surface area contributed by atoms with Gasteiger partial charge in [0.15, 0.2) is 0 Å². The Labute approximate surface area is 123 Å². The van der Waals surface area contributed by atoms with Crippen LogP contribution >= 0.6 is 0 Å². The van der Waals surface area contributed by atoms with Crippen molar-refractivity contribution in [3.05, 3.63) is 71.0 Å². The summed E-state index contributed by atoms with van der Waals surface area (Å²) < 4.78 is 12.6. The molecule has 0 saturated heterocycles. The summed E-state index contributed by atoms with van der Waals surface area (Å²) in [6.45, 7) is 10.2. The first kappa shape index (κ1) is 18.4. The summed E-state index contributed by atoms with van der Waals surface area (Å²) in [4.78, 5) is 0. The normalized spacial score (nSPS) is 8.90. The van der Waals surface area contributed by atoms with E-state index in [-0.39, 0.29) is 5.82 Å². The van der Waals surface area contributed by atoms with Crippen molar-refractivity contribution in [2.24, 2.45) is 0 Å². The molecule has 0 heterocycles. The molecule has 0 nitrogen and oxygen atoms in total. The van der Waals surface area contributed by atoms with Gasteiger partial charge in [-0.25, -0.2) is 4.39 Å². The summed E-state index contributed by atoms with van der Waals surface area (Å²) in [6, 6.07) is 15.4. The fourth-order valence-corrected chi connectivity index (χ4v) is 1.72. The van der Waals surface area contributed by atoms with Crippen molar-refractivity contribution < 1.29 is 4.39 Å². The minimum absolute atomic E-state index is 0.0972. The van der Waals surface area contributed by atoms with E-state index in [0.717, 1.165) is 18.4 Å². The average molecular weight is 274 g/mol. The van der Waals surface area contributed by atoms with Gasteiger partial charge in [0.2, 0.25) is 0 Å². The van der Waals surface area contributed by atoms with Crippen LogP contribution in [0.15, 0.2) is 48.5 Å². The van der Waals surface area contributed by atoms with Gasteiger partial charge in [0.1, 0.15) is 5.82 Å². The van der Waals surface area contributed by atoms with Crippen LogP contribution < -0.4 is 0 Å². The highest BCUT2D eigenvalue weighted by Gasteiger charge is 1.93. The van der Waals surface area contributed by atoms with Crippen LogP contribution in [0.3, 0.4) is 0 Å². The molecular formula is C19H27F. The fourth-order valence-electron chi connectivity index (χ4n) is 1.72. The average Bonchev–Trinajstić information content (AvgIpc) is 2.50. The topological polar surface area (TPSA) is 0 Å². The Balaban J connectivity index is 0.000000321. The van der Waals surface area contributed by atoms with Gasteiger partial charge < -0.3 is 0 Å². The Hall–Kier alpha value is -1.63. The Kier molecular flexibility index (Phi) is 10.3. The van der Waals surface area contributed by atoms with Crippen molar-refractivity contribution in [3.63, 3.8) is 0 Å². The van der Waals surface area contributed by atoms with Crippen LogP contribution in [-0.2, 0) is 12.8 Å². The maximum absolute atomic E-state index is 12.6. The summed E-state index contributed by atoms with van der Waals surface area (Å²) in [5.74, 6) is -0.0972. The first-order valence-electron chi connectivity index (χ1n) is 7.46. The molecule has 0 aliphatic heterocycles. The fraction of sp³-hybridized carbons (Fsp3) is 0.368. The predicted octanol–water partition coefficient (Wildman–Crippen LogP) is 5.97. The molecule has 110 valence electrons. The minimum atomic E-state index is -0.0972. The SMILES string of the molecule is CC.CCc1cccc(C)c1.CCc1ccccc1F. The lowest BCUT2D eigenvalue weighted by atomic mass is 10.1. The van der Waals surface area contributed by atoms with Gasteiger partial charge in [-0.1, -0.05) is 75.7 Å². The van der Waals surface area contributed by atoms with Crippen LogP contribution in [0.5, 0.6) is 0 Å². The summed E-state index contributed by atoms with van der Waals surface area (Å²) in [5.41, 5.74) is 3.57. The minimum Gasteiger partial charge on any atom is -0.207 e. The number of aryl methyl sites for hydroxylation is 3. The van der Waals surface area contributed by atoms with Gasteiger partial charge in [-0.2, -0.15) is 0 Å². The summed E-state index contributed by atoms with van der Waals surface area (Å²) >= 11 is 0. The monoisotopic (exact) mass is 274 g/mol. The molecule has 0 aromatic heterocycles. The lowest BCUT2D eigenvalue weighted by Gasteiger charge is -1.95. The van der Waals surface area contributed by atoms with Crippen LogP contribution in [0.1, 0.15) is 44.4 Å². The molecule has 0 bridgehead atoms. The molecule has 2 aromatic carbocycles. The van der Waals surface area contributed by atoms with E-state index in [2.05, 4.69) is 38.1 Å². The van der Waals surface area contributed by atoms with Gasteiger partial charge in [0.05, 0.1) is 0 Å². The third-order valence-electron chi connectivity index (χ3n) is 2.83. The van der Waals surface area contributed by atoms with Crippen LogP contribution in [0.4, 0.5) is 4.39 Å². The second kappa shape index (κ2) is 11.2. The Morgan fingerprint density at radius 1 is 0.850 bits per heavy atom. The Morgan fingerprint density at radius 3 is 1.90 bits per heavy atom. The van der Waals surface area contributed by atoms with E-state index in [9.17, 15) is 4.39 Å². The number of halogens is 1. The maximum Gasteiger partial charge on any atom is 0.126 e. The van der Waals surface area contributed by atoms with Crippen molar-refractivity contribution in [2.45, 2.75) is 47.5 Å². The van der Waals surface area contributed by atoms with Gasteiger partial charge in [-0.05, 0) is 37.0 Å². The van der Waals surface area contributed by atoms with E-state index in [0.29, 0.717) is 0 Å². The second-order valence-electron chi connectivity index (χ2n) is 4.29. The standard InChI is InChI=1S/C9H12.C8H9F.C2H6/c1-3-9-6-4-5-8(2)7-9;1-2-7-5-3-4-6-8(7)9;1-2/h4-7H,3H2,1-2H3;3-6H,2H2,1H3;1-2H3. The first-order chi connectivity index (χ1) is 9.67. The highest BCUT2D eigenvalue weighted by molar-refractivity contribution is 5.21. The zero-order valence-electron chi connectivity index (χ0n) is 13.4. The number of benzene rings is 2. The van der Waals surface area contributed by atoms with E-state index in [4.69, 9.17) is 0 Å². The molecule has 0 aliphatic carbocycles. The number of rotatable bonds is 2. The van der Waals surface area contributed by atoms with Crippen LogP contribution in [0, 0.1) is 12.7 Å². The summed E-state index contributed by atoms with van der Waals surface area (Å²) in [5, 5.41) is 0. The molecule has 0 aliphatic rings. The molecule has 2 rings (SSSR count). The largest absolute Gasteiger partial charge is 0.207 e. The van der Waals surface area contributed by atoms with Crippen molar-refractivity contribution in [3.8, 4) is 0 Å². The molecule has 0 amide bonds. The van der Waals surface area contributed by atoms with Gasteiger partial charge in [0, 0.05) is 0 Å². The van der Waals surface area contributed by atoms with Gasteiger partial charge in [-0.15, -0.1) is 0 Å². The first-order valence-corrected chi connectivity index (χ1v) is 7.46. The summed E-state index contributed by atoms with van der Waals surface area (Å²) in [7, 11) is 0. The maximum atomic E-state index is 12.6. The quantitative estimate of drug-likeness (QED) is 0.632. The highest BCUT2D eigenvalue weighted by atomic mass is 19.1. The van der Waals surface area contributed by atoms with E-state index in [1.165, 1.54) is 17.2 Å². The lowest BCUT2D eigenvalue weighted by molar-refractivity contribution is 0.612. The van der Waals surface area contributed by atoms with Crippen molar-refractivity contribution in [2.75, 3.05) is 0 Å². The smallest absolute Gasteiger partial charge is 0.126 e. The molecular weight excluding hydrogens is 247 g/mol. The van der Waals surface area contributed by atoms with Gasteiger partial charge in [0.25, 0.3) is 0 Å². The molecule has 0 radical (unpaired) electrons. The molecule has 0 spiro atoms. The van der Waals surface area contributed by atoms with E-state index in [1.807, 2.05) is 26.8 Å². The zero-order chi connectivity index (χ0) is 15.4. The van der Waals surface area contributed by atoms with Gasteiger partial charge in [-0.3, -0.25) is 0 Å². The van der Waals surface area contributed by atoms with E-state index in [1.54, 1.807) is 12.1 Å². The number of hydrogen-bond acceptors (Lipinski definition) is 0. The van der Waals surface area contributed by atoms with E-state index >= 15 is 0 Å². The molecule has 20 heavy (non-hydrogen) atoms. The second-order valence-corrected chi connectivity index (χ2v) is 4.29. The van der Waals surface area contributed by atoms with Crippen molar-refractivity contribution >= 4 is 0 Å². The molecule has 1 heteroatoms. The zero-order valence-corrected chi connectivity index (χ0v) is 13.4. The van der Waals surface area contributed by atoms with Crippen molar-refractivity contribution in [1.82, 2.24) is 0 Å². The Morgan fingerprint density at radius 2 is 1.50 bits per heavy atom. The molecule has 0 fully saturated rings. The van der Waals surface area contributed by atoms with Gasteiger partial charge >= 0.3 is 0 Å². The number of hydrogen-bond donors (Lipinski definition) is 0. The molecule has 0 saturated carbocycles. The molecule has 0 unspecified atom stereocenters. The molecule has 2 aromatic rings. The van der Waals surface area contributed by atoms with Crippen molar-refractivity contribution in [1.29, 1.82) is 0 Å². The lowest BCUT2D eigenvalue weighted by Crippen LogP contribution is -1.83. The van der Waals surface area contributed by atoms with Crippen LogP contribution in [-0.4, -0.2) is 0 Å². The predicted molar refractivity (Wildman–Crippen MR) is 87.7 cm³/mol. The Bertz CT molecular complexity index is 475. The van der Waals surface area contributed by atoms with E-state index < -0.39 is 0 Å².